The Morgan fingerprint density at radius 1 is 0.952 bits per heavy atom. The lowest BCUT2D eigenvalue weighted by atomic mass is 9.90. The SMILES string of the molecule is CCCCCCCCCCCCC(C(=O)O[Si]O)C(C)C. The van der Waals surface area contributed by atoms with Crippen LogP contribution in [0, 0.1) is 11.8 Å². The van der Waals surface area contributed by atoms with Crippen molar-refractivity contribution < 1.29 is 14.0 Å². The molecule has 0 amide bonds. The fraction of sp³-hybridized carbons (Fsp3) is 0.941. The molecule has 0 saturated carbocycles. The van der Waals surface area contributed by atoms with E-state index in [4.69, 9.17) is 9.22 Å². The van der Waals surface area contributed by atoms with E-state index in [-0.39, 0.29) is 17.8 Å². The van der Waals surface area contributed by atoms with Crippen LogP contribution in [0.4, 0.5) is 0 Å². The van der Waals surface area contributed by atoms with Gasteiger partial charge in [0.05, 0.1) is 5.92 Å². The first-order valence-electron chi connectivity index (χ1n) is 8.73. The molecule has 0 aromatic heterocycles. The molecule has 1 unspecified atom stereocenters. The Balaban J connectivity index is 3.52. The third-order valence-electron chi connectivity index (χ3n) is 4.12. The fourth-order valence-corrected chi connectivity index (χ4v) is 2.94. The van der Waals surface area contributed by atoms with Gasteiger partial charge in [-0.15, -0.1) is 0 Å². The lowest BCUT2D eigenvalue weighted by molar-refractivity contribution is -0.141. The van der Waals surface area contributed by atoms with Gasteiger partial charge in [0.15, 0.2) is 0 Å². The summed E-state index contributed by atoms with van der Waals surface area (Å²) in [7, 11) is -0.721. The van der Waals surface area contributed by atoms with Crippen LogP contribution in [0.2, 0.25) is 0 Å². The number of carbonyl (C=O) groups is 1. The monoisotopic (exact) mass is 314 g/mol. The van der Waals surface area contributed by atoms with Gasteiger partial charge in [-0.05, 0) is 12.3 Å². The van der Waals surface area contributed by atoms with Gasteiger partial charge in [0.2, 0.25) is 0 Å². The molecule has 0 aliphatic heterocycles. The molecule has 0 heterocycles. The van der Waals surface area contributed by atoms with Crippen molar-refractivity contribution in [3.05, 3.63) is 0 Å². The van der Waals surface area contributed by atoms with Crippen LogP contribution >= 0.6 is 0 Å². The minimum absolute atomic E-state index is 0.0568. The molecule has 1 N–H and O–H groups in total. The summed E-state index contributed by atoms with van der Waals surface area (Å²) in [6.07, 6.45) is 14.0. The van der Waals surface area contributed by atoms with E-state index in [1.54, 1.807) is 0 Å². The molecule has 0 saturated heterocycles. The summed E-state index contributed by atoms with van der Waals surface area (Å²) < 4.78 is 4.75. The van der Waals surface area contributed by atoms with E-state index in [9.17, 15) is 4.79 Å². The second-order valence-corrected chi connectivity index (χ2v) is 6.72. The van der Waals surface area contributed by atoms with Gasteiger partial charge in [-0.1, -0.05) is 85.0 Å². The minimum Gasteiger partial charge on any atom is -0.491 e. The molecule has 0 fully saturated rings. The van der Waals surface area contributed by atoms with Gasteiger partial charge in [-0.25, -0.2) is 0 Å². The third-order valence-corrected chi connectivity index (χ3v) is 4.41. The van der Waals surface area contributed by atoms with Crippen molar-refractivity contribution in [2.75, 3.05) is 0 Å². The summed E-state index contributed by atoms with van der Waals surface area (Å²) >= 11 is 0. The summed E-state index contributed by atoms with van der Waals surface area (Å²) in [5.41, 5.74) is 0. The second-order valence-electron chi connectivity index (χ2n) is 6.33. The Labute approximate surface area is 133 Å². The van der Waals surface area contributed by atoms with Crippen molar-refractivity contribution in [2.45, 2.75) is 91.4 Å². The van der Waals surface area contributed by atoms with Gasteiger partial charge < -0.3 is 9.22 Å². The molecule has 2 radical (unpaired) electrons. The number of rotatable bonds is 14. The van der Waals surface area contributed by atoms with Gasteiger partial charge in [0, 0.05) is 0 Å². The smallest absolute Gasteiger partial charge is 0.491 e. The van der Waals surface area contributed by atoms with E-state index < -0.39 is 10.0 Å². The standard InChI is InChI=1S/C17H34O3Si/c1-4-5-6-7-8-9-10-11-12-13-14-16(15(2)3)17(18)20-21-19/h15-16,19H,4-14H2,1-3H3. The molecule has 0 rings (SSSR count). The van der Waals surface area contributed by atoms with Gasteiger partial charge in [-0.2, -0.15) is 0 Å². The highest BCUT2D eigenvalue weighted by Crippen LogP contribution is 2.21. The molecule has 0 bridgehead atoms. The number of carbonyl (C=O) groups excluding carboxylic acids is 1. The van der Waals surface area contributed by atoms with Crippen LogP contribution in [-0.4, -0.2) is 20.8 Å². The van der Waals surface area contributed by atoms with Gasteiger partial charge >= 0.3 is 10.0 Å². The van der Waals surface area contributed by atoms with Crippen molar-refractivity contribution in [3.8, 4) is 0 Å². The zero-order chi connectivity index (χ0) is 15.9. The number of unbranched alkanes of at least 4 members (excludes halogenated alkanes) is 9. The van der Waals surface area contributed by atoms with Gasteiger partial charge in [0.25, 0.3) is 5.97 Å². The van der Waals surface area contributed by atoms with E-state index >= 15 is 0 Å². The van der Waals surface area contributed by atoms with Crippen molar-refractivity contribution >= 4 is 16.0 Å². The van der Waals surface area contributed by atoms with Crippen LogP contribution in [-0.2, 0) is 9.22 Å². The summed E-state index contributed by atoms with van der Waals surface area (Å²) in [6, 6.07) is 0. The maximum Gasteiger partial charge on any atom is 0.520 e. The van der Waals surface area contributed by atoms with Crippen LogP contribution in [0.1, 0.15) is 91.4 Å². The molecule has 21 heavy (non-hydrogen) atoms. The van der Waals surface area contributed by atoms with Crippen LogP contribution in [0.15, 0.2) is 0 Å². The fourth-order valence-electron chi connectivity index (χ4n) is 2.70. The number of hydrogen-bond acceptors (Lipinski definition) is 3. The predicted molar refractivity (Wildman–Crippen MR) is 88.9 cm³/mol. The first-order chi connectivity index (χ1) is 10.1. The molecule has 0 aromatic rings. The Bertz CT molecular complexity index is 244. The molecule has 4 heteroatoms. The second kappa shape index (κ2) is 14.6. The van der Waals surface area contributed by atoms with Crippen molar-refractivity contribution in [1.29, 1.82) is 0 Å². The zero-order valence-electron chi connectivity index (χ0n) is 14.2. The highest BCUT2D eigenvalue weighted by molar-refractivity contribution is 6.20. The zero-order valence-corrected chi connectivity index (χ0v) is 15.2. The average molecular weight is 315 g/mol. The van der Waals surface area contributed by atoms with E-state index in [0.717, 1.165) is 12.8 Å². The third kappa shape index (κ3) is 11.9. The predicted octanol–water partition coefficient (Wildman–Crippen LogP) is 4.64. The Morgan fingerprint density at radius 3 is 1.86 bits per heavy atom. The summed E-state index contributed by atoms with van der Waals surface area (Å²) in [6.45, 7) is 6.34. The quantitative estimate of drug-likeness (QED) is 0.375. The van der Waals surface area contributed by atoms with Crippen LogP contribution in [0.3, 0.4) is 0 Å². The van der Waals surface area contributed by atoms with E-state index in [2.05, 4.69) is 6.92 Å². The normalized spacial score (nSPS) is 12.6. The topological polar surface area (TPSA) is 46.5 Å². The first-order valence-corrected chi connectivity index (χ1v) is 9.58. The van der Waals surface area contributed by atoms with E-state index in [0.29, 0.717) is 0 Å². The molecule has 0 aliphatic carbocycles. The molecular formula is C17H34O3Si. The summed E-state index contributed by atoms with van der Waals surface area (Å²) in [5.74, 6) is -0.00660. The minimum atomic E-state index is -0.721. The molecule has 0 aliphatic rings. The Kier molecular flexibility index (Phi) is 14.3. The van der Waals surface area contributed by atoms with Crippen molar-refractivity contribution in [3.63, 3.8) is 0 Å². The van der Waals surface area contributed by atoms with Crippen LogP contribution < -0.4 is 0 Å². The maximum atomic E-state index is 11.7. The highest BCUT2D eigenvalue weighted by atomic mass is 28.2. The molecule has 0 spiro atoms. The lowest BCUT2D eigenvalue weighted by Gasteiger charge is -2.18. The van der Waals surface area contributed by atoms with Crippen molar-refractivity contribution in [2.24, 2.45) is 11.8 Å². The maximum absolute atomic E-state index is 11.7. The Morgan fingerprint density at radius 2 is 1.43 bits per heavy atom. The van der Waals surface area contributed by atoms with Gasteiger partial charge in [-0.3, -0.25) is 4.79 Å². The Hall–Kier alpha value is -0.353. The van der Waals surface area contributed by atoms with Crippen LogP contribution in [0.25, 0.3) is 0 Å². The van der Waals surface area contributed by atoms with E-state index in [1.165, 1.54) is 57.8 Å². The molecule has 3 nitrogen and oxygen atoms in total. The summed E-state index contributed by atoms with van der Waals surface area (Å²) in [4.78, 5) is 20.4. The molecule has 1 atom stereocenters. The highest BCUT2D eigenvalue weighted by Gasteiger charge is 2.22. The average Bonchev–Trinajstić information content (AvgIpc) is 2.44. The van der Waals surface area contributed by atoms with Gasteiger partial charge in [0.1, 0.15) is 0 Å². The van der Waals surface area contributed by atoms with E-state index in [1.807, 2.05) is 13.8 Å². The lowest BCUT2D eigenvalue weighted by Crippen LogP contribution is -2.24. The van der Waals surface area contributed by atoms with Crippen molar-refractivity contribution in [1.82, 2.24) is 0 Å². The van der Waals surface area contributed by atoms with Crippen LogP contribution in [0.5, 0.6) is 0 Å². The largest absolute Gasteiger partial charge is 0.520 e. The molecule has 0 aromatic carbocycles. The summed E-state index contributed by atoms with van der Waals surface area (Å²) in [5, 5.41) is 0. The first kappa shape index (κ1) is 20.6. The molecule has 124 valence electrons. The number of hydrogen-bond donors (Lipinski definition) is 1. The molecular weight excluding hydrogens is 280 g/mol.